The molecule has 0 saturated carbocycles. The lowest BCUT2D eigenvalue weighted by Crippen LogP contribution is -2.48. The van der Waals surface area contributed by atoms with Crippen LogP contribution in [-0.2, 0) is 21.2 Å². The quantitative estimate of drug-likeness (QED) is 0.396. The van der Waals surface area contributed by atoms with Gasteiger partial charge >= 0.3 is 0 Å². The molecular formula is C25H27BrN2O5S. The van der Waals surface area contributed by atoms with E-state index in [4.69, 9.17) is 9.47 Å². The molecule has 0 aliphatic heterocycles. The van der Waals surface area contributed by atoms with Crippen LogP contribution in [-0.4, -0.2) is 34.6 Å². The van der Waals surface area contributed by atoms with E-state index in [1.807, 2.05) is 61.5 Å². The van der Waals surface area contributed by atoms with Crippen molar-refractivity contribution in [1.82, 2.24) is 10.0 Å². The summed E-state index contributed by atoms with van der Waals surface area (Å²) in [5, 5.41) is 2.93. The van der Waals surface area contributed by atoms with E-state index in [0.29, 0.717) is 5.75 Å². The van der Waals surface area contributed by atoms with Crippen LogP contribution in [0.25, 0.3) is 0 Å². The summed E-state index contributed by atoms with van der Waals surface area (Å²) in [7, 11) is -1.15. The highest BCUT2D eigenvalue weighted by atomic mass is 79.9. The lowest BCUT2D eigenvalue weighted by Gasteiger charge is -2.22. The van der Waals surface area contributed by atoms with Crippen LogP contribution in [0.2, 0.25) is 0 Å². The highest BCUT2D eigenvalue weighted by molar-refractivity contribution is 9.10. The molecule has 0 aliphatic carbocycles. The summed E-state index contributed by atoms with van der Waals surface area (Å²) in [4.78, 5) is 13.2. The molecule has 0 aromatic heterocycles. The standard InChI is InChI=1S/C25H27BrN2O5S/c1-17(19-10-7-11-20(26)15-19)27-25(29)22(14-18-8-5-4-6-9-18)28-34(30,31)21-12-13-23(32-2)24(16-21)33-3/h4-13,15-17,22,28H,14H2,1-3H3,(H,27,29)/t17-,22+/m0/s1. The lowest BCUT2D eigenvalue weighted by molar-refractivity contribution is -0.123. The zero-order valence-electron chi connectivity index (χ0n) is 19.1. The Hall–Kier alpha value is -2.88. The van der Waals surface area contributed by atoms with Crippen LogP contribution in [0, 0.1) is 0 Å². The molecule has 0 saturated heterocycles. The van der Waals surface area contributed by atoms with Crippen LogP contribution < -0.4 is 19.5 Å². The first kappa shape index (κ1) is 25.7. The number of rotatable bonds is 10. The average Bonchev–Trinajstić information content (AvgIpc) is 2.83. The van der Waals surface area contributed by atoms with Crippen LogP contribution in [0.15, 0.2) is 82.2 Å². The maximum absolute atomic E-state index is 13.3. The SMILES string of the molecule is COc1ccc(S(=O)(=O)N[C@H](Cc2ccccc2)C(=O)N[C@@H](C)c2cccc(Br)c2)cc1OC. The molecule has 34 heavy (non-hydrogen) atoms. The van der Waals surface area contributed by atoms with Crippen LogP contribution in [0.3, 0.4) is 0 Å². The fourth-order valence-electron chi connectivity index (χ4n) is 3.45. The minimum atomic E-state index is -4.04. The lowest BCUT2D eigenvalue weighted by atomic mass is 10.0. The predicted octanol–water partition coefficient (Wildman–Crippen LogP) is 4.23. The van der Waals surface area contributed by atoms with Gasteiger partial charge < -0.3 is 14.8 Å². The first-order valence-electron chi connectivity index (χ1n) is 10.6. The molecule has 2 N–H and O–H groups in total. The number of nitrogens with one attached hydrogen (secondary N) is 2. The first-order valence-corrected chi connectivity index (χ1v) is 12.8. The van der Waals surface area contributed by atoms with Crippen molar-refractivity contribution in [3.63, 3.8) is 0 Å². The van der Waals surface area contributed by atoms with Gasteiger partial charge in [-0.25, -0.2) is 8.42 Å². The van der Waals surface area contributed by atoms with E-state index in [0.717, 1.165) is 15.6 Å². The van der Waals surface area contributed by atoms with Crippen LogP contribution in [0.1, 0.15) is 24.1 Å². The summed E-state index contributed by atoms with van der Waals surface area (Å²) >= 11 is 3.43. The van der Waals surface area contributed by atoms with Gasteiger partial charge in [0.2, 0.25) is 15.9 Å². The Kier molecular flexibility index (Phi) is 8.71. The monoisotopic (exact) mass is 546 g/mol. The molecule has 180 valence electrons. The number of carbonyl (C=O) groups is 1. The van der Waals surface area contributed by atoms with Crippen LogP contribution in [0.5, 0.6) is 11.5 Å². The Morgan fingerprint density at radius 2 is 1.65 bits per heavy atom. The summed E-state index contributed by atoms with van der Waals surface area (Å²) in [5.41, 5.74) is 1.72. The van der Waals surface area contributed by atoms with E-state index < -0.39 is 22.0 Å². The second-order valence-corrected chi connectivity index (χ2v) is 10.3. The highest BCUT2D eigenvalue weighted by Crippen LogP contribution is 2.29. The maximum atomic E-state index is 13.3. The molecule has 1 amide bonds. The second kappa shape index (κ2) is 11.5. The van der Waals surface area contributed by atoms with E-state index >= 15 is 0 Å². The van der Waals surface area contributed by atoms with Gasteiger partial charge in [-0.05, 0) is 48.7 Å². The fraction of sp³-hybridized carbons (Fsp3) is 0.240. The van der Waals surface area contributed by atoms with Gasteiger partial charge in [0.25, 0.3) is 0 Å². The molecule has 7 nitrogen and oxygen atoms in total. The summed E-state index contributed by atoms with van der Waals surface area (Å²) in [6.45, 7) is 1.85. The van der Waals surface area contributed by atoms with Gasteiger partial charge in [-0.15, -0.1) is 0 Å². The van der Waals surface area contributed by atoms with Crippen molar-refractivity contribution in [2.75, 3.05) is 14.2 Å². The molecule has 2 atom stereocenters. The van der Waals surface area contributed by atoms with Gasteiger partial charge in [0.05, 0.1) is 25.2 Å². The van der Waals surface area contributed by atoms with Crippen molar-refractivity contribution >= 4 is 31.9 Å². The van der Waals surface area contributed by atoms with Gasteiger partial charge in [-0.1, -0.05) is 58.4 Å². The minimum absolute atomic E-state index is 0.0314. The molecule has 0 fully saturated rings. The van der Waals surface area contributed by atoms with E-state index in [1.165, 1.54) is 32.4 Å². The molecule has 0 aliphatic rings. The van der Waals surface area contributed by atoms with Crippen LogP contribution >= 0.6 is 15.9 Å². The van der Waals surface area contributed by atoms with Gasteiger partial charge in [0, 0.05) is 10.5 Å². The molecule has 0 unspecified atom stereocenters. The maximum Gasteiger partial charge on any atom is 0.241 e. The predicted molar refractivity (Wildman–Crippen MR) is 135 cm³/mol. The van der Waals surface area contributed by atoms with Crippen molar-refractivity contribution < 1.29 is 22.7 Å². The third-order valence-corrected chi connectivity index (χ3v) is 7.23. The van der Waals surface area contributed by atoms with Gasteiger partial charge in [0.15, 0.2) is 11.5 Å². The Morgan fingerprint density at radius 3 is 2.29 bits per heavy atom. The van der Waals surface area contributed by atoms with E-state index in [2.05, 4.69) is 26.0 Å². The van der Waals surface area contributed by atoms with Gasteiger partial charge in [-0.2, -0.15) is 4.72 Å². The van der Waals surface area contributed by atoms with Crippen molar-refractivity contribution in [3.05, 3.63) is 88.4 Å². The third-order valence-electron chi connectivity index (χ3n) is 5.27. The number of hydrogen-bond acceptors (Lipinski definition) is 5. The smallest absolute Gasteiger partial charge is 0.241 e. The first-order chi connectivity index (χ1) is 16.2. The molecule has 3 aromatic rings. The number of carbonyl (C=O) groups excluding carboxylic acids is 1. The number of methoxy groups -OCH3 is 2. The second-order valence-electron chi connectivity index (χ2n) is 7.67. The zero-order valence-corrected chi connectivity index (χ0v) is 21.5. The topological polar surface area (TPSA) is 93.7 Å². The number of halogens is 1. The van der Waals surface area contributed by atoms with Gasteiger partial charge in [-0.3, -0.25) is 4.79 Å². The van der Waals surface area contributed by atoms with Crippen molar-refractivity contribution in [2.45, 2.75) is 30.3 Å². The minimum Gasteiger partial charge on any atom is -0.493 e. The summed E-state index contributed by atoms with van der Waals surface area (Å²) in [5.74, 6) is 0.251. The number of sulfonamides is 1. The molecule has 0 radical (unpaired) electrons. The Bertz CT molecular complexity index is 1240. The van der Waals surface area contributed by atoms with Crippen LogP contribution in [0.4, 0.5) is 0 Å². The highest BCUT2D eigenvalue weighted by Gasteiger charge is 2.28. The third kappa shape index (κ3) is 6.59. The fourth-order valence-corrected chi connectivity index (χ4v) is 5.08. The molecule has 0 spiro atoms. The molecule has 0 heterocycles. The largest absolute Gasteiger partial charge is 0.493 e. The van der Waals surface area contributed by atoms with E-state index in [1.54, 1.807) is 0 Å². The van der Waals surface area contributed by atoms with Crippen molar-refractivity contribution in [1.29, 1.82) is 0 Å². The summed E-state index contributed by atoms with van der Waals surface area (Å²) < 4.78 is 40.3. The molecule has 9 heteroatoms. The zero-order chi connectivity index (χ0) is 24.7. The molecular weight excluding hydrogens is 520 g/mol. The Morgan fingerprint density at radius 1 is 0.941 bits per heavy atom. The number of ether oxygens (including phenoxy) is 2. The Balaban J connectivity index is 1.87. The molecule has 3 aromatic carbocycles. The average molecular weight is 547 g/mol. The van der Waals surface area contributed by atoms with E-state index in [-0.39, 0.29) is 23.1 Å². The normalized spacial score (nSPS) is 13.1. The molecule has 3 rings (SSSR count). The van der Waals surface area contributed by atoms with Gasteiger partial charge in [0.1, 0.15) is 6.04 Å². The summed E-state index contributed by atoms with van der Waals surface area (Å²) in [6, 6.07) is 19.8. The van der Waals surface area contributed by atoms with E-state index in [9.17, 15) is 13.2 Å². The van der Waals surface area contributed by atoms with Crippen molar-refractivity contribution in [3.8, 4) is 11.5 Å². The Labute approximate surface area is 208 Å². The number of amides is 1. The summed E-state index contributed by atoms with van der Waals surface area (Å²) in [6.07, 6.45) is 0.185. The molecule has 0 bridgehead atoms. The van der Waals surface area contributed by atoms with Crippen molar-refractivity contribution in [2.24, 2.45) is 0 Å². The number of benzene rings is 3. The number of hydrogen-bond donors (Lipinski definition) is 2.